The van der Waals surface area contributed by atoms with E-state index in [-0.39, 0.29) is 11.9 Å². The number of benzene rings is 1. The molecule has 120 valence electrons. The van der Waals surface area contributed by atoms with Gasteiger partial charge >= 0.3 is 0 Å². The number of aromatic nitrogens is 2. The Bertz CT molecular complexity index is 707. The summed E-state index contributed by atoms with van der Waals surface area (Å²) in [4.78, 5) is 22.7. The average Bonchev–Trinajstić information content (AvgIpc) is 2.95. The van der Waals surface area contributed by atoms with Gasteiger partial charge in [-0.25, -0.2) is 4.98 Å². The van der Waals surface area contributed by atoms with Crippen LogP contribution in [0.2, 0.25) is 0 Å². The van der Waals surface area contributed by atoms with E-state index in [2.05, 4.69) is 15.3 Å². The van der Waals surface area contributed by atoms with Gasteiger partial charge in [-0.1, -0.05) is 12.1 Å². The van der Waals surface area contributed by atoms with Gasteiger partial charge in [0.05, 0.1) is 19.9 Å². The third-order valence-electron chi connectivity index (χ3n) is 3.72. The molecule has 1 aromatic carbocycles. The lowest BCUT2D eigenvalue weighted by Crippen LogP contribution is -2.34. The summed E-state index contributed by atoms with van der Waals surface area (Å²) in [6.07, 6.45) is 2.25. The number of amides is 1. The summed E-state index contributed by atoms with van der Waals surface area (Å²) >= 11 is 0. The minimum Gasteiger partial charge on any atom is -0.495 e. The van der Waals surface area contributed by atoms with Crippen LogP contribution >= 0.6 is 0 Å². The van der Waals surface area contributed by atoms with Crippen LogP contribution in [-0.4, -0.2) is 42.7 Å². The van der Waals surface area contributed by atoms with Crippen LogP contribution in [-0.2, 0) is 4.79 Å². The van der Waals surface area contributed by atoms with Gasteiger partial charge in [0.15, 0.2) is 0 Å². The number of para-hydroxylation sites is 2. The fourth-order valence-electron chi connectivity index (χ4n) is 2.59. The maximum absolute atomic E-state index is 12.7. The molecule has 1 aliphatic rings. The first-order chi connectivity index (χ1) is 11.2. The molecule has 1 aliphatic heterocycles. The largest absolute Gasteiger partial charge is 0.495 e. The van der Waals surface area contributed by atoms with Crippen LogP contribution in [0, 0.1) is 0 Å². The fraction of sp³-hybridized carbons (Fsp3) is 0.312. The van der Waals surface area contributed by atoms with Crippen molar-refractivity contribution in [3.8, 4) is 11.6 Å². The summed E-state index contributed by atoms with van der Waals surface area (Å²) in [6, 6.07) is 8.77. The first-order valence-electron chi connectivity index (χ1n) is 7.31. The van der Waals surface area contributed by atoms with E-state index < -0.39 is 0 Å². The van der Waals surface area contributed by atoms with E-state index in [1.807, 2.05) is 24.3 Å². The standard InChI is InChI=1S/C16H18N4O3/c1-22-13-6-4-3-5-12(13)20-10-8-11(15(20)21)18-16-17-9-7-14(19-16)23-2/h3-7,9,11H,8,10H2,1-2H3,(H,17,18,19)/t11-/m1/s1. The number of anilines is 2. The molecule has 2 heterocycles. The van der Waals surface area contributed by atoms with Crippen molar-refractivity contribution in [3.63, 3.8) is 0 Å². The molecule has 0 radical (unpaired) electrons. The van der Waals surface area contributed by atoms with Gasteiger partial charge in [0.1, 0.15) is 11.8 Å². The third kappa shape index (κ3) is 3.03. The lowest BCUT2D eigenvalue weighted by Gasteiger charge is -2.19. The summed E-state index contributed by atoms with van der Waals surface area (Å²) in [5, 5.41) is 3.07. The number of hydrogen-bond acceptors (Lipinski definition) is 6. The van der Waals surface area contributed by atoms with Gasteiger partial charge in [0.25, 0.3) is 0 Å². The Morgan fingerprint density at radius 3 is 2.83 bits per heavy atom. The molecule has 1 amide bonds. The number of nitrogens with one attached hydrogen (secondary N) is 1. The summed E-state index contributed by atoms with van der Waals surface area (Å²) < 4.78 is 10.4. The van der Waals surface area contributed by atoms with Gasteiger partial charge in [-0.3, -0.25) is 4.79 Å². The van der Waals surface area contributed by atoms with Gasteiger partial charge in [-0.05, 0) is 18.6 Å². The lowest BCUT2D eigenvalue weighted by molar-refractivity contribution is -0.117. The molecule has 7 heteroatoms. The van der Waals surface area contributed by atoms with Crippen molar-refractivity contribution < 1.29 is 14.3 Å². The second kappa shape index (κ2) is 6.51. The van der Waals surface area contributed by atoms with Crippen molar-refractivity contribution in [2.24, 2.45) is 0 Å². The molecule has 3 rings (SSSR count). The number of methoxy groups -OCH3 is 2. The van der Waals surface area contributed by atoms with Gasteiger partial charge < -0.3 is 19.7 Å². The Morgan fingerprint density at radius 1 is 1.22 bits per heavy atom. The number of carbonyl (C=O) groups excluding carboxylic acids is 1. The monoisotopic (exact) mass is 314 g/mol. The molecule has 1 aromatic heterocycles. The Morgan fingerprint density at radius 2 is 2.04 bits per heavy atom. The third-order valence-corrected chi connectivity index (χ3v) is 3.72. The van der Waals surface area contributed by atoms with E-state index in [1.165, 1.54) is 7.11 Å². The maximum atomic E-state index is 12.7. The van der Waals surface area contributed by atoms with Crippen LogP contribution in [0.5, 0.6) is 11.6 Å². The summed E-state index contributed by atoms with van der Waals surface area (Å²) in [5.74, 6) is 1.49. The highest BCUT2D eigenvalue weighted by atomic mass is 16.5. The van der Waals surface area contributed by atoms with Crippen molar-refractivity contribution >= 4 is 17.5 Å². The molecule has 1 fully saturated rings. The lowest BCUT2D eigenvalue weighted by atomic mass is 10.2. The zero-order valence-corrected chi connectivity index (χ0v) is 13.0. The predicted molar refractivity (Wildman–Crippen MR) is 86.0 cm³/mol. The van der Waals surface area contributed by atoms with E-state index in [0.717, 1.165) is 5.69 Å². The Balaban J connectivity index is 1.76. The smallest absolute Gasteiger partial charge is 0.249 e. The van der Waals surface area contributed by atoms with E-state index in [0.29, 0.717) is 30.5 Å². The molecule has 1 atom stereocenters. The highest BCUT2D eigenvalue weighted by Gasteiger charge is 2.34. The maximum Gasteiger partial charge on any atom is 0.249 e. The van der Waals surface area contributed by atoms with Gasteiger partial charge in [0, 0.05) is 18.8 Å². The molecule has 0 unspecified atom stereocenters. The summed E-state index contributed by atoms with van der Waals surface area (Å²) in [5.41, 5.74) is 0.774. The van der Waals surface area contributed by atoms with Crippen molar-refractivity contribution in [3.05, 3.63) is 36.5 Å². The zero-order chi connectivity index (χ0) is 16.2. The molecule has 1 N–H and O–H groups in total. The molecule has 1 saturated heterocycles. The highest BCUT2D eigenvalue weighted by molar-refractivity contribution is 6.01. The highest BCUT2D eigenvalue weighted by Crippen LogP contribution is 2.31. The van der Waals surface area contributed by atoms with Crippen LogP contribution in [0.1, 0.15) is 6.42 Å². The number of ether oxygens (including phenoxy) is 2. The van der Waals surface area contributed by atoms with Crippen LogP contribution in [0.15, 0.2) is 36.5 Å². The Labute approximate surface area is 134 Å². The number of hydrogen-bond donors (Lipinski definition) is 1. The van der Waals surface area contributed by atoms with Crippen molar-refractivity contribution in [1.82, 2.24) is 9.97 Å². The molecule has 23 heavy (non-hydrogen) atoms. The van der Waals surface area contributed by atoms with Gasteiger partial charge in [-0.15, -0.1) is 0 Å². The number of carbonyl (C=O) groups is 1. The normalized spacial score (nSPS) is 17.2. The van der Waals surface area contributed by atoms with E-state index >= 15 is 0 Å². The fourth-order valence-corrected chi connectivity index (χ4v) is 2.59. The molecular formula is C16H18N4O3. The quantitative estimate of drug-likeness (QED) is 0.905. The second-order valence-corrected chi connectivity index (χ2v) is 5.07. The average molecular weight is 314 g/mol. The van der Waals surface area contributed by atoms with Gasteiger partial charge in [0.2, 0.25) is 17.7 Å². The van der Waals surface area contributed by atoms with Crippen molar-refractivity contribution in [1.29, 1.82) is 0 Å². The van der Waals surface area contributed by atoms with Crippen LogP contribution in [0.4, 0.5) is 11.6 Å². The first kappa shape index (κ1) is 15.1. The van der Waals surface area contributed by atoms with Crippen LogP contribution in [0.25, 0.3) is 0 Å². The number of nitrogens with zero attached hydrogens (tertiary/aromatic N) is 3. The Hall–Kier alpha value is -2.83. The number of rotatable bonds is 5. The molecular weight excluding hydrogens is 296 g/mol. The second-order valence-electron chi connectivity index (χ2n) is 5.07. The van der Waals surface area contributed by atoms with Crippen LogP contribution < -0.4 is 19.7 Å². The molecule has 7 nitrogen and oxygen atoms in total. The van der Waals surface area contributed by atoms with E-state index in [9.17, 15) is 4.79 Å². The minimum atomic E-state index is -0.369. The van der Waals surface area contributed by atoms with Gasteiger partial charge in [-0.2, -0.15) is 4.98 Å². The summed E-state index contributed by atoms with van der Waals surface area (Å²) in [6.45, 7) is 0.612. The first-order valence-corrected chi connectivity index (χ1v) is 7.31. The molecule has 0 bridgehead atoms. The Kier molecular flexibility index (Phi) is 4.27. The summed E-state index contributed by atoms with van der Waals surface area (Å²) in [7, 11) is 3.13. The van der Waals surface area contributed by atoms with Crippen molar-refractivity contribution in [2.45, 2.75) is 12.5 Å². The topological polar surface area (TPSA) is 76.6 Å². The molecule has 0 saturated carbocycles. The molecule has 2 aromatic rings. The predicted octanol–water partition coefficient (Wildman–Crippen LogP) is 1.71. The zero-order valence-electron chi connectivity index (χ0n) is 13.0. The molecule has 0 aliphatic carbocycles. The van der Waals surface area contributed by atoms with E-state index in [4.69, 9.17) is 9.47 Å². The minimum absolute atomic E-state index is 0.0269. The SMILES string of the molecule is COc1ccnc(N[C@@H]2CCN(c3ccccc3OC)C2=O)n1. The molecule has 0 spiro atoms. The van der Waals surface area contributed by atoms with Crippen LogP contribution in [0.3, 0.4) is 0 Å². The van der Waals surface area contributed by atoms with E-state index in [1.54, 1.807) is 24.3 Å². The van der Waals surface area contributed by atoms with Crippen molar-refractivity contribution in [2.75, 3.05) is 31.0 Å².